The lowest BCUT2D eigenvalue weighted by atomic mass is 10.3. The Balaban J connectivity index is 2.23. The fourth-order valence-corrected chi connectivity index (χ4v) is 1.43. The van der Waals surface area contributed by atoms with Gasteiger partial charge in [0, 0.05) is 17.8 Å². The maximum Gasteiger partial charge on any atom is 0.150 e. The summed E-state index contributed by atoms with van der Waals surface area (Å²) in [5.41, 5.74) is 6.30. The predicted molar refractivity (Wildman–Crippen MR) is 63.7 cm³/mol. The van der Waals surface area contributed by atoms with Crippen molar-refractivity contribution in [2.24, 2.45) is 5.73 Å². The maximum absolute atomic E-state index is 5.79. The Bertz CT molecular complexity index is 471. The zero-order valence-corrected chi connectivity index (χ0v) is 9.32. The van der Waals surface area contributed by atoms with Crippen LogP contribution in [0, 0.1) is 0 Å². The number of rotatable bonds is 3. The van der Waals surface area contributed by atoms with E-state index in [2.05, 4.69) is 4.98 Å². The lowest BCUT2D eigenvalue weighted by Crippen LogP contribution is -2.01. The van der Waals surface area contributed by atoms with Gasteiger partial charge in [0.2, 0.25) is 0 Å². The second kappa shape index (κ2) is 4.96. The first-order valence-electron chi connectivity index (χ1n) is 4.87. The van der Waals surface area contributed by atoms with Gasteiger partial charge < -0.3 is 10.5 Å². The van der Waals surface area contributed by atoms with Crippen LogP contribution in [0.15, 0.2) is 42.6 Å². The summed E-state index contributed by atoms with van der Waals surface area (Å²) in [6.45, 7) is 0.351. The molecule has 1 aromatic heterocycles. The van der Waals surface area contributed by atoms with Gasteiger partial charge in [0.05, 0.1) is 5.69 Å². The average Bonchev–Trinajstić information content (AvgIpc) is 2.33. The lowest BCUT2D eigenvalue weighted by molar-refractivity contribution is 0.472. The van der Waals surface area contributed by atoms with Crippen LogP contribution in [0.4, 0.5) is 0 Å². The Morgan fingerprint density at radius 3 is 2.62 bits per heavy atom. The van der Waals surface area contributed by atoms with Gasteiger partial charge in [0.15, 0.2) is 0 Å². The van der Waals surface area contributed by atoms with Crippen molar-refractivity contribution in [2.45, 2.75) is 6.54 Å². The Hall–Kier alpha value is -1.58. The van der Waals surface area contributed by atoms with E-state index in [-0.39, 0.29) is 0 Å². The molecule has 82 valence electrons. The Morgan fingerprint density at radius 2 is 1.94 bits per heavy atom. The number of nitrogens with zero attached hydrogens (tertiary/aromatic N) is 1. The van der Waals surface area contributed by atoms with Crippen LogP contribution in [0.1, 0.15) is 5.69 Å². The van der Waals surface area contributed by atoms with E-state index in [0.717, 1.165) is 5.69 Å². The first kappa shape index (κ1) is 10.9. The second-order valence-electron chi connectivity index (χ2n) is 3.21. The highest BCUT2D eigenvalue weighted by Gasteiger charge is 2.03. The maximum atomic E-state index is 5.79. The van der Waals surface area contributed by atoms with E-state index < -0.39 is 0 Å². The van der Waals surface area contributed by atoms with Crippen LogP contribution < -0.4 is 10.5 Å². The van der Waals surface area contributed by atoms with E-state index in [4.69, 9.17) is 22.1 Å². The quantitative estimate of drug-likeness (QED) is 0.888. The normalized spacial score (nSPS) is 10.1. The molecule has 2 N–H and O–H groups in total. The van der Waals surface area contributed by atoms with Gasteiger partial charge in [-0.1, -0.05) is 11.6 Å². The zero-order chi connectivity index (χ0) is 11.4. The zero-order valence-electron chi connectivity index (χ0n) is 8.56. The van der Waals surface area contributed by atoms with Gasteiger partial charge in [-0.25, -0.2) is 0 Å². The number of halogens is 1. The molecule has 0 aliphatic carbocycles. The molecule has 1 heterocycles. The molecule has 2 rings (SSSR count). The molecule has 0 saturated carbocycles. The van der Waals surface area contributed by atoms with Crippen molar-refractivity contribution in [3.8, 4) is 11.5 Å². The molecule has 0 amide bonds. The second-order valence-corrected chi connectivity index (χ2v) is 3.64. The number of nitrogens with two attached hydrogens (primary N) is 1. The van der Waals surface area contributed by atoms with Gasteiger partial charge in [0.25, 0.3) is 0 Å². The smallest absolute Gasteiger partial charge is 0.150 e. The summed E-state index contributed by atoms with van der Waals surface area (Å²) in [6, 6.07) is 10.8. The van der Waals surface area contributed by atoms with Gasteiger partial charge in [-0.15, -0.1) is 0 Å². The molecule has 0 unspecified atom stereocenters. The van der Waals surface area contributed by atoms with Crippen molar-refractivity contribution in [3.05, 3.63) is 53.3 Å². The fourth-order valence-electron chi connectivity index (χ4n) is 1.30. The van der Waals surface area contributed by atoms with Crippen LogP contribution in [0.5, 0.6) is 11.5 Å². The van der Waals surface area contributed by atoms with E-state index >= 15 is 0 Å². The average molecular weight is 235 g/mol. The minimum Gasteiger partial charge on any atom is -0.455 e. The summed E-state index contributed by atoms with van der Waals surface area (Å²) in [5, 5.41) is 0.678. The molecule has 0 spiro atoms. The largest absolute Gasteiger partial charge is 0.455 e. The molecule has 0 saturated heterocycles. The number of hydrogen-bond acceptors (Lipinski definition) is 3. The van der Waals surface area contributed by atoms with Gasteiger partial charge in [-0.3, -0.25) is 4.98 Å². The molecule has 16 heavy (non-hydrogen) atoms. The number of benzene rings is 1. The summed E-state index contributed by atoms with van der Waals surface area (Å²) < 4.78 is 5.65. The number of hydrogen-bond donors (Lipinski definition) is 1. The summed E-state index contributed by atoms with van der Waals surface area (Å²) >= 11 is 5.79. The highest BCUT2D eigenvalue weighted by atomic mass is 35.5. The van der Waals surface area contributed by atoms with E-state index in [1.165, 1.54) is 0 Å². The highest BCUT2D eigenvalue weighted by Crippen LogP contribution is 2.24. The standard InChI is InChI=1S/C12H11ClN2O/c13-9-3-5-10(6-4-9)16-12-2-1-7-15-11(12)8-14/h1-7H,8,14H2. The molecule has 0 atom stereocenters. The van der Waals surface area contributed by atoms with Crippen molar-refractivity contribution in [2.75, 3.05) is 0 Å². The Kier molecular flexibility index (Phi) is 3.39. The van der Waals surface area contributed by atoms with E-state index in [1.54, 1.807) is 30.5 Å². The summed E-state index contributed by atoms with van der Waals surface area (Å²) in [4.78, 5) is 4.13. The minimum atomic E-state index is 0.351. The number of aromatic nitrogens is 1. The number of pyridine rings is 1. The van der Waals surface area contributed by atoms with Gasteiger partial charge >= 0.3 is 0 Å². The monoisotopic (exact) mass is 234 g/mol. The van der Waals surface area contributed by atoms with Crippen LogP contribution in [-0.4, -0.2) is 4.98 Å². The first-order chi connectivity index (χ1) is 7.79. The lowest BCUT2D eigenvalue weighted by Gasteiger charge is -2.08. The van der Waals surface area contributed by atoms with Crippen LogP contribution in [0.2, 0.25) is 5.02 Å². The molecule has 2 aromatic rings. The van der Waals surface area contributed by atoms with Crippen LogP contribution in [-0.2, 0) is 6.54 Å². The highest BCUT2D eigenvalue weighted by molar-refractivity contribution is 6.30. The third-order valence-electron chi connectivity index (χ3n) is 2.08. The van der Waals surface area contributed by atoms with Crippen LogP contribution in [0.25, 0.3) is 0 Å². The van der Waals surface area contributed by atoms with Gasteiger partial charge in [0.1, 0.15) is 11.5 Å². The van der Waals surface area contributed by atoms with Crippen LogP contribution in [0.3, 0.4) is 0 Å². The molecule has 0 aliphatic rings. The Morgan fingerprint density at radius 1 is 1.19 bits per heavy atom. The van der Waals surface area contributed by atoms with E-state index in [9.17, 15) is 0 Å². The van der Waals surface area contributed by atoms with Crippen molar-refractivity contribution >= 4 is 11.6 Å². The third kappa shape index (κ3) is 2.51. The fraction of sp³-hybridized carbons (Fsp3) is 0.0833. The minimum absolute atomic E-state index is 0.351. The molecule has 0 aliphatic heterocycles. The summed E-state index contributed by atoms with van der Waals surface area (Å²) in [6.07, 6.45) is 1.69. The molecule has 1 aromatic carbocycles. The molecule has 4 heteroatoms. The molecular weight excluding hydrogens is 224 g/mol. The van der Waals surface area contributed by atoms with Crippen molar-refractivity contribution < 1.29 is 4.74 Å². The number of ether oxygens (including phenoxy) is 1. The predicted octanol–water partition coefficient (Wildman–Crippen LogP) is 2.99. The van der Waals surface area contributed by atoms with E-state index in [1.807, 2.05) is 12.1 Å². The van der Waals surface area contributed by atoms with Gasteiger partial charge in [-0.05, 0) is 36.4 Å². The molecular formula is C12H11ClN2O. The van der Waals surface area contributed by atoms with Crippen molar-refractivity contribution in [1.29, 1.82) is 0 Å². The van der Waals surface area contributed by atoms with Crippen LogP contribution >= 0.6 is 11.6 Å². The topological polar surface area (TPSA) is 48.1 Å². The summed E-state index contributed by atoms with van der Waals surface area (Å²) in [7, 11) is 0. The van der Waals surface area contributed by atoms with E-state index in [0.29, 0.717) is 23.1 Å². The van der Waals surface area contributed by atoms with Gasteiger partial charge in [-0.2, -0.15) is 0 Å². The first-order valence-corrected chi connectivity index (χ1v) is 5.25. The summed E-state index contributed by atoms with van der Waals surface area (Å²) in [5.74, 6) is 1.39. The molecule has 0 radical (unpaired) electrons. The SMILES string of the molecule is NCc1ncccc1Oc1ccc(Cl)cc1. The molecule has 0 fully saturated rings. The molecule has 0 bridgehead atoms. The van der Waals surface area contributed by atoms with Crippen molar-refractivity contribution in [1.82, 2.24) is 4.98 Å². The van der Waals surface area contributed by atoms with Crippen molar-refractivity contribution in [3.63, 3.8) is 0 Å². The third-order valence-corrected chi connectivity index (χ3v) is 2.34. The Labute approximate surface area is 98.8 Å². The molecule has 3 nitrogen and oxygen atoms in total.